The standard InChI is InChI=1S/C17H19N3O3S/c21-17(7-6-14-8-10-18-11-9-14)20-12-16(13-20)24(22,23)19-15-4-2-1-3-5-15/h1-5,8-11,16,19H,6-7,12-13H2. The lowest BCUT2D eigenvalue weighted by atomic mass is 10.1. The van der Waals surface area contributed by atoms with Crippen molar-refractivity contribution in [2.24, 2.45) is 0 Å². The predicted octanol–water partition coefficient (Wildman–Crippen LogP) is 1.67. The van der Waals surface area contributed by atoms with Crippen LogP contribution in [-0.4, -0.2) is 42.5 Å². The zero-order valence-electron chi connectivity index (χ0n) is 13.1. The Labute approximate surface area is 141 Å². The maximum atomic E-state index is 12.3. The molecule has 1 aromatic heterocycles. The molecule has 0 unspecified atom stereocenters. The Hall–Kier alpha value is -2.41. The molecule has 126 valence electrons. The van der Waals surface area contributed by atoms with Gasteiger partial charge in [-0.1, -0.05) is 18.2 Å². The number of benzene rings is 1. The summed E-state index contributed by atoms with van der Waals surface area (Å²) in [5.41, 5.74) is 1.59. The van der Waals surface area contributed by atoms with Gasteiger partial charge in [0.15, 0.2) is 0 Å². The Morgan fingerprint density at radius 2 is 1.79 bits per heavy atom. The molecular formula is C17H19N3O3S. The predicted molar refractivity (Wildman–Crippen MR) is 91.9 cm³/mol. The fraction of sp³-hybridized carbons (Fsp3) is 0.294. The van der Waals surface area contributed by atoms with Gasteiger partial charge in [0, 0.05) is 37.6 Å². The number of nitrogens with zero attached hydrogens (tertiary/aromatic N) is 2. The smallest absolute Gasteiger partial charge is 0.239 e. The Morgan fingerprint density at radius 1 is 1.12 bits per heavy atom. The third kappa shape index (κ3) is 3.91. The lowest BCUT2D eigenvalue weighted by Crippen LogP contribution is -2.58. The number of pyridine rings is 1. The van der Waals surface area contributed by atoms with Gasteiger partial charge in [-0.15, -0.1) is 0 Å². The van der Waals surface area contributed by atoms with E-state index in [1.54, 1.807) is 41.6 Å². The van der Waals surface area contributed by atoms with E-state index in [1.807, 2.05) is 18.2 Å². The highest BCUT2D eigenvalue weighted by atomic mass is 32.2. The van der Waals surface area contributed by atoms with E-state index >= 15 is 0 Å². The van der Waals surface area contributed by atoms with E-state index in [2.05, 4.69) is 9.71 Å². The summed E-state index contributed by atoms with van der Waals surface area (Å²) in [5.74, 6) is -0.0158. The average Bonchev–Trinajstić information content (AvgIpc) is 2.52. The van der Waals surface area contributed by atoms with Crippen molar-refractivity contribution in [3.8, 4) is 0 Å². The first-order valence-electron chi connectivity index (χ1n) is 7.78. The van der Waals surface area contributed by atoms with Gasteiger partial charge in [-0.05, 0) is 36.2 Å². The van der Waals surface area contributed by atoms with Gasteiger partial charge >= 0.3 is 0 Å². The van der Waals surface area contributed by atoms with Gasteiger partial charge in [-0.2, -0.15) is 0 Å². The lowest BCUT2D eigenvalue weighted by Gasteiger charge is -2.38. The molecule has 1 aliphatic rings. The molecule has 1 amide bonds. The highest BCUT2D eigenvalue weighted by Gasteiger charge is 2.39. The number of aromatic nitrogens is 1. The number of hydrogen-bond donors (Lipinski definition) is 1. The van der Waals surface area contributed by atoms with Crippen LogP contribution in [0.3, 0.4) is 0 Å². The molecule has 1 aliphatic heterocycles. The molecule has 1 saturated heterocycles. The number of sulfonamides is 1. The minimum absolute atomic E-state index is 0.0158. The third-order valence-electron chi connectivity index (χ3n) is 4.05. The van der Waals surface area contributed by atoms with E-state index < -0.39 is 15.3 Å². The molecule has 24 heavy (non-hydrogen) atoms. The number of amides is 1. The second kappa shape index (κ2) is 7.00. The van der Waals surface area contributed by atoms with Crippen LogP contribution in [0, 0.1) is 0 Å². The van der Waals surface area contributed by atoms with E-state index in [-0.39, 0.29) is 19.0 Å². The van der Waals surface area contributed by atoms with Gasteiger partial charge in [0.2, 0.25) is 15.9 Å². The second-order valence-corrected chi connectivity index (χ2v) is 7.75. The third-order valence-corrected chi connectivity index (χ3v) is 5.75. The number of para-hydroxylation sites is 1. The summed E-state index contributed by atoms with van der Waals surface area (Å²) in [6, 6.07) is 12.5. The van der Waals surface area contributed by atoms with Gasteiger partial charge in [0.05, 0.1) is 0 Å². The normalized spacial score (nSPS) is 14.9. The lowest BCUT2D eigenvalue weighted by molar-refractivity contribution is -0.134. The minimum atomic E-state index is -3.46. The quantitative estimate of drug-likeness (QED) is 0.864. The van der Waals surface area contributed by atoms with E-state index in [4.69, 9.17) is 0 Å². The van der Waals surface area contributed by atoms with Gasteiger partial charge < -0.3 is 4.90 Å². The number of hydrogen-bond acceptors (Lipinski definition) is 4. The molecular weight excluding hydrogens is 326 g/mol. The molecule has 2 heterocycles. The van der Waals surface area contributed by atoms with Crippen LogP contribution in [0.2, 0.25) is 0 Å². The maximum absolute atomic E-state index is 12.3. The topological polar surface area (TPSA) is 79.4 Å². The first kappa shape index (κ1) is 16.4. The number of anilines is 1. The number of nitrogens with one attached hydrogen (secondary N) is 1. The zero-order valence-corrected chi connectivity index (χ0v) is 13.9. The Morgan fingerprint density at radius 3 is 2.46 bits per heavy atom. The summed E-state index contributed by atoms with van der Waals surface area (Å²) in [7, 11) is -3.46. The molecule has 3 rings (SSSR count). The largest absolute Gasteiger partial charge is 0.340 e. The first-order chi connectivity index (χ1) is 11.5. The van der Waals surface area contributed by atoms with Crippen molar-refractivity contribution >= 4 is 21.6 Å². The van der Waals surface area contributed by atoms with Crippen molar-refractivity contribution in [1.82, 2.24) is 9.88 Å². The van der Waals surface area contributed by atoms with Crippen LogP contribution < -0.4 is 4.72 Å². The SMILES string of the molecule is O=C(CCc1ccncc1)N1CC(S(=O)(=O)Nc2ccccc2)C1. The van der Waals surface area contributed by atoms with Crippen molar-refractivity contribution in [2.45, 2.75) is 18.1 Å². The number of likely N-dealkylation sites (tertiary alicyclic amines) is 1. The molecule has 0 radical (unpaired) electrons. The highest BCUT2D eigenvalue weighted by molar-refractivity contribution is 7.93. The van der Waals surface area contributed by atoms with Crippen LogP contribution in [0.4, 0.5) is 5.69 Å². The molecule has 1 N–H and O–H groups in total. The summed E-state index contributed by atoms with van der Waals surface area (Å²) in [5, 5.41) is -0.553. The van der Waals surface area contributed by atoms with Crippen molar-refractivity contribution in [1.29, 1.82) is 0 Å². The van der Waals surface area contributed by atoms with Crippen LogP contribution in [0.5, 0.6) is 0 Å². The van der Waals surface area contributed by atoms with E-state index in [0.717, 1.165) is 5.56 Å². The molecule has 0 bridgehead atoms. The van der Waals surface area contributed by atoms with Crippen LogP contribution in [0.15, 0.2) is 54.9 Å². The molecule has 1 aromatic carbocycles. The monoisotopic (exact) mass is 345 g/mol. The molecule has 0 spiro atoms. The highest BCUT2D eigenvalue weighted by Crippen LogP contribution is 2.20. The molecule has 2 aromatic rings. The summed E-state index contributed by atoms with van der Waals surface area (Å²) in [4.78, 5) is 17.7. The fourth-order valence-electron chi connectivity index (χ4n) is 2.55. The van der Waals surface area contributed by atoms with Gasteiger partial charge in [-0.25, -0.2) is 8.42 Å². The summed E-state index contributed by atoms with van der Waals surface area (Å²) in [6.07, 6.45) is 4.41. The number of carbonyl (C=O) groups excluding carboxylic acids is 1. The van der Waals surface area contributed by atoms with Crippen molar-refractivity contribution in [3.05, 3.63) is 60.4 Å². The van der Waals surface area contributed by atoms with Crippen molar-refractivity contribution in [3.63, 3.8) is 0 Å². The van der Waals surface area contributed by atoms with Crippen molar-refractivity contribution in [2.75, 3.05) is 17.8 Å². The Kier molecular flexibility index (Phi) is 4.80. The van der Waals surface area contributed by atoms with E-state index in [1.165, 1.54) is 0 Å². The minimum Gasteiger partial charge on any atom is -0.340 e. The zero-order chi connectivity index (χ0) is 17.0. The average molecular weight is 345 g/mol. The summed E-state index contributed by atoms with van der Waals surface area (Å²) in [6.45, 7) is 0.495. The van der Waals surface area contributed by atoms with Gasteiger partial charge in [-0.3, -0.25) is 14.5 Å². The van der Waals surface area contributed by atoms with Crippen LogP contribution >= 0.6 is 0 Å². The van der Waals surface area contributed by atoms with E-state index in [0.29, 0.717) is 18.5 Å². The van der Waals surface area contributed by atoms with Crippen LogP contribution in [0.25, 0.3) is 0 Å². The van der Waals surface area contributed by atoms with Gasteiger partial charge in [0.25, 0.3) is 0 Å². The second-order valence-electron chi connectivity index (χ2n) is 5.79. The molecule has 0 atom stereocenters. The molecule has 6 nitrogen and oxygen atoms in total. The van der Waals surface area contributed by atoms with Crippen LogP contribution in [-0.2, 0) is 21.2 Å². The molecule has 1 fully saturated rings. The van der Waals surface area contributed by atoms with Gasteiger partial charge in [0.1, 0.15) is 5.25 Å². The number of rotatable bonds is 6. The summed E-state index contributed by atoms with van der Waals surface area (Å²) < 4.78 is 27.1. The van der Waals surface area contributed by atoms with Crippen molar-refractivity contribution < 1.29 is 13.2 Å². The van der Waals surface area contributed by atoms with E-state index in [9.17, 15) is 13.2 Å². The molecule has 0 saturated carbocycles. The first-order valence-corrected chi connectivity index (χ1v) is 9.32. The fourth-order valence-corrected chi connectivity index (χ4v) is 3.93. The Bertz CT molecular complexity index is 788. The maximum Gasteiger partial charge on any atom is 0.239 e. The van der Waals surface area contributed by atoms with Crippen LogP contribution in [0.1, 0.15) is 12.0 Å². The number of carbonyl (C=O) groups is 1. The number of aryl methyl sites for hydroxylation is 1. The molecule has 7 heteroatoms. The molecule has 0 aliphatic carbocycles. The summed E-state index contributed by atoms with van der Waals surface area (Å²) >= 11 is 0. The Balaban J connectivity index is 1.48.